The molecule has 2 aromatic rings. The summed E-state index contributed by atoms with van der Waals surface area (Å²) in [5.74, 6) is -3.89. The van der Waals surface area contributed by atoms with E-state index in [0.29, 0.717) is 0 Å². The SMILES string of the molecule is O=C1c2ccccc2C(=O)N1c1ccc(OC(F)([18F])C(=O)O)cc1. The zero-order valence-electron chi connectivity index (χ0n) is 11.9. The third-order valence-corrected chi connectivity index (χ3v) is 3.38. The summed E-state index contributed by atoms with van der Waals surface area (Å²) in [5, 5.41) is 8.33. The van der Waals surface area contributed by atoms with E-state index in [1.807, 2.05) is 0 Å². The molecule has 0 saturated carbocycles. The van der Waals surface area contributed by atoms with Crippen LogP contribution in [0.15, 0.2) is 48.5 Å². The van der Waals surface area contributed by atoms with E-state index in [9.17, 15) is 23.2 Å². The van der Waals surface area contributed by atoms with Crippen molar-refractivity contribution in [2.45, 2.75) is 6.11 Å². The van der Waals surface area contributed by atoms with Crippen LogP contribution in [-0.4, -0.2) is 29.0 Å². The Morgan fingerprint density at radius 3 is 1.92 bits per heavy atom. The first-order chi connectivity index (χ1) is 11.3. The molecule has 1 unspecified atom stereocenters. The van der Waals surface area contributed by atoms with Crippen LogP contribution in [0.2, 0.25) is 0 Å². The zero-order valence-corrected chi connectivity index (χ0v) is 11.9. The average molecular weight is 332 g/mol. The quantitative estimate of drug-likeness (QED) is 0.870. The lowest BCUT2D eigenvalue weighted by Gasteiger charge is -2.16. The van der Waals surface area contributed by atoms with Crippen molar-refractivity contribution in [3.63, 3.8) is 0 Å². The molecule has 0 saturated heterocycles. The van der Waals surface area contributed by atoms with Crippen molar-refractivity contribution in [2.75, 3.05) is 4.90 Å². The van der Waals surface area contributed by atoms with Gasteiger partial charge in [0.2, 0.25) is 0 Å². The second-order valence-corrected chi connectivity index (χ2v) is 4.91. The van der Waals surface area contributed by atoms with Crippen LogP contribution in [0.3, 0.4) is 0 Å². The molecule has 122 valence electrons. The Kier molecular flexibility index (Phi) is 3.52. The molecular weight excluding hydrogens is 323 g/mol. The number of rotatable bonds is 4. The van der Waals surface area contributed by atoms with Crippen LogP contribution in [0, 0.1) is 0 Å². The number of carbonyl (C=O) groups is 3. The molecule has 2 amide bonds. The molecule has 8 heteroatoms. The minimum Gasteiger partial charge on any atom is -0.474 e. The highest BCUT2D eigenvalue weighted by Crippen LogP contribution is 2.30. The number of benzene rings is 2. The standard InChI is InChI=1S/C16H9F2NO5/c17-16(18,15(22)23)24-10-7-5-9(6-8-10)19-13(20)11-3-1-2-4-12(11)14(19)21/h1-8H,(H,22,23)/i17-1. The van der Waals surface area contributed by atoms with E-state index >= 15 is 0 Å². The predicted octanol–water partition coefficient (Wildman–Crippen LogP) is 2.54. The van der Waals surface area contributed by atoms with E-state index in [-0.39, 0.29) is 16.8 Å². The molecule has 2 aromatic carbocycles. The number of nitrogens with zero attached hydrogens (tertiary/aromatic N) is 1. The van der Waals surface area contributed by atoms with Gasteiger partial charge in [-0.2, -0.15) is 8.78 Å². The highest BCUT2D eigenvalue weighted by molar-refractivity contribution is 6.34. The number of carbonyl (C=O) groups excluding carboxylic acids is 2. The number of carboxylic acids is 1. The number of halogens is 2. The number of alkyl halides is 2. The Labute approximate surface area is 133 Å². The summed E-state index contributed by atoms with van der Waals surface area (Å²) in [6.45, 7) is 0. The maximum Gasteiger partial charge on any atom is 0.501 e. The molecule has 1 N–H and O–H groups in total. The van der Waals surface area contributed by atoms with Crippen LogP contribution in [0.1, 0.15) is 20.7 Å². The topological polar surface area (TPSA) is 83.9 Å². The van der Waals surface area contributed by atoms with Crippen LogP contribution in [-0.2, 0) is 4.79 Å². The van der Waals surface area contributed by atoms with Crippen LogP contribution in [0.5, 0.6) is 5.75 Å². The number of imide groups is 1. The molecule has 6 nitrogen and oxygen atoms in total. The molecule has 1 aliphatic rings. The van der Waals surface area contributed by atoms with Gasteiger partial charge in [0, 0.05) is 0 Å². The number of ether oxygens (including phenoxy) is 1. The average Bonchev–Trinajstić information content (AvgIpc) is 2.80. The molecule has 24 heavy (non-hydrogen) atoms. The van der Waals surface area contributed by atoms with E-state index < -0.39 is 29.6 Å². The van der Waals surface area contributed by atoms with E-state index in [1.54, 1.807) is 12.1 Å². The first-order valence-electron chi connectivity index (χ1n) is 6.69. The molecule has 3 rings (SSSR count). The van der Waals surface area contributed by atoms with Crippen LogP contribution >= 0.6 is 0 Å². The fourth-order valence-electron chi connectivity index (χ4n) is 2.28. The van der Waals surface area contributed by atoms with Gasteiger partial charge in [0.15, 0.2) is 0 Å². The molecule has 0 fully saturated rings. The fourth-order valence-corrected chi connectivity index (χ4v) is 2.28. The molecule has 0 bridgehead atoms. The largest absolute Gasteiger partial charge is 0.501 e. The summed E-state index contributed by atoms with van der Waals surface area (Å²) in [5.41, 5.74) is 0.660. The lowest BCUT2D eigenvalue weighted by atomic mass is 10.1. The smallest absolute Gasteiger partial charge is 0.474 e. The molecule has 1 aliphatic heterocycles. The maximum absolute atomic E-state index is 13.0. The first kappa shape index (κ1) is 15.6. The number of fused-ring (bicyclic) bond motifs is 1. The number of hydrogen-bond acceptors (Lipinski definition) is 4. The highest BCUT2D eigenvalue weighted by atomic mass is 19.2. The van der Waals surface area contributed by atoms with Crippen molar-refractivity contribution < 1.29 is 33.0 Å². The summed E-state index contributed by atoms with van der Waals surface area (Å²) in [4.78, 5) is 35.8. The van der Waals surface area contributed by atoms with E-state index in [2.05, 4.69) is 4.74 Å². The summed E-state index contributed by atoms with van der Waals surface area (Å²) >= 11 is 0. The molecule has 0 radical (unpaired) electrons. The van der Waals surface area contributed by atoms with Crippen molar-refractivity contribution in [1.82, 2.24) is 0 Å². The fraction of sp³-hybridized carbons (Fsp3) is 0.0625. The van der Waals surface area contributed by atoms with Crippen molar-refractivity contribution >= 4 is 23.5 Å². The Morgan fingerprint density at radius 1 is 0.958 bits per heavy atom. The van der Waals surface area contributed by atoms with E-state index in [1.165, 1.54) is 24.3 Å². The first-order valence-corrected chi connectivity index (χ1v) is 6.69. The maximum atomic E-state index is 13.0. The van der Waals surface area contributed by atoms with Crippen LogP contribution in [0.25, 0.3) is 0 Å². The van der Waals surface area contributed by atoms with E-state index in [0.717, 1.165) is 17.0 Å². The van der Waals surface area contributed by atoms with Gasteiger partial charge in [0.25, 0.3) is 11.8 Å². The van der Waals surface area contributed by atoms with Gasteiger partial charge in [-0.05, 0) is 36.4 Å². The summed E-state index contributed by atoms with van der Waals surface area (Å²) in [7, 11) is 0. The second kappa shape index (κ2) is 5.41. The molecule has 0 aromatic heterocycles. The van der Waals surface area contributed by atoms with Crippen LogP contribution in [0.4, 0.5) is 14.5 Å². The Morgan fingerprint density at radius 2 is 1.46 bits per heavy atom. The zero-order chi connectivity index (χ0) is 17.5. The minimum absolute atomic E-state index is 0.159. The number of amides is 2. The normalized spacial score (nSPS) is 15.8. The predicted molar refractivity (Wildman–Crippen MR) is 77.2 cm³/mol. The van der Waals surface area contributed by atoms with Crippen LogP contribution < -0.4 is 9.64 Å². The third-order valence-electron chi connectivity index (χ3n) is 3.38. The molecule has 1 atom stereocenters. The van der Waals surface area contributed by atoms with E-state index in [4.69, 9.17) is 5.11 Å². The van der Waals surface area contributed by atoms with Gasteiger partial charge in [-0.3, -0.25) is 9.59 Å². The lowest BCUT2D eigenvalue weighted by molar-refractivity contribution is -0.210. The molecular formula is C16H9F2NO5. The number of aliphatic carboxylic acids is 1. The van der Waals surface area contributed by atoms with Gasteiger partial charge < -0.3 is 9.84 Å². The number of hydrogen-bond donors (Lipinski definition) is 1. The van der Waals surface area contributed by atoms with Gasteiger partial charge >= 0.3 is 12.1 Å². The Balaban J connectivity index is 1.86. The third kappa shape index (κ3) is 2.47. The van der Waals surface area contributed by atoms with Crippen molar-refractivity contribution in [1.29, 1.82) is 0 Å². The van der Waals surface area contributed by atoms with Gasteiger partial charge in [-0.1, -0.05) is 12.1 Å². The second-order valence-electron chi connectivity index (χ2n) is 4.91. The van der Waals surface area contributed by atoms with Crippen molar-refractivity contribution in [3.8, 4) is 5.75 Å². The summed E-state index contributed by atoms with van der Waals surface area (Å²) < 4.78 is 30.1. The molecule has 1 heterocycles. The Bertz CT molecular complexity index is 813. The molecule has 0 aliphatic carbocycles. The van der Waals surface area contributed by atoms with Gasteiger partial charge in [-0.15, -0.1) is 0 Å². The molecule has 0 spiro atoms. The van der Waals surface area contributed by atoms with Crippen molar-refractivity contribution in [3.05, 3.63) is 59.7 Å². The van der Waals surface area contributed by atoms with Gasteiger partial charge in [-0.25, -0.2) is 9.69 Å². The Hall–Kier alpha value is -3.29. The monoisotopic (exact) mass is 332 g/mol. The number of carboxylic acid groups (broad SMARTS) is 1. The number of anilines is 1. The van der Waals surface area contributed by atoms with Gasteiger partial charge in [0.1, 0.15) is 5.75 Å². The highest BCUT2D eigenvalue weighted by Gasteiger charge is 2.42. The summed E-state index contributed by atoms with van der Waals surface area (Å²) in [6, 6.07) is 10.8. The lowest BCUT2D eigenvalue weighted by Crippen LogP contribution is -2.34. The van der Waals surface area contributed by atoms with Crippen molar-refractivity contribution in [2.24, 2.45) is 0 Å². The minimum atomic E-state index is -4.38. The summed E-state index contributed by atoms with van der Waals surface area (Å²) in [6.07, 6.45) is -4.38. The van der Waals surface area contributed by atoms with Gasteiger partial charge in [0.05, 0.1) is 16.8 Å².